The molecule has 0 saturated heterocycles. The molecule has 1 aliphatic heterocycles. The molecular weight excluding hydrogens is 264 g/mol. The highest BCUT2D eigenvalue weighted by atomic mass is 16.5. The van der Waals surface area contributed by atoms with Gasteiger partial charge >= 0.3 is 0 Å². The number of rotatable bonds is 2. The van der Waals surface area contributed by atoms with Crippen LogP contribution in [-0.2, 0) is 13.1 Å². The standard InChI is InChI=1S/C16H14N4O/c1-10-7-17-5-4-14(10)15-19-16(21-20-15)11-2-3-12-8-18-9-13(12)6-11/h2-7,18H,8-9H2,1H3. The summed E-state index contributed by atoms with van der Waals surface area (Å²) in [5, 5.41) is 7.42. The number of aromatic nitrogens is 3. The fourth-order valence-electron chi connectivity index (χ4n) is 2.60. The van der Waals surface area contributed by atoms with Crippen molar-refractivity contribution < 1.29 is 4.52 Å². The Hall–Kier alpha value is -2.53. The largest absolute Gasteiger partial charge is 0.334 e. The molecule has 3 aromatic rings. The van der Waals surface area contributed by atoms with E-state index in [0.717, 1.165) is 29.8 Å². The summed E-state index contributed by atoms with van der Waals surface area (Å²) < 4.78 is 5.42. The number of benzene rings is 1. The second-order valence-electron chi connectivity index (χ2n) is 5.20. The van der Waals surface area contributed by atoms with E-state index in [1.165, 1.54) is 11.1 Å². The Morgan fingerprint density at radius 3 is 2.95 bits per heavy atom. The summed E-state index contributed by atoms with van der Waals surface area (Å²) in [5.41, 5.74) is 5.57. The number of nitrogens with zero attached hydrogens (tertiary/aromatic N) is 3. The molecule has 0 amide bonds. The van der Waals surface area contributed by atoms with Gasteiger partial charge < -0.3 is 9.84 Å². The summed E-state index contributed by atoms with van der Waals surface area (Å²) in [4.78, 5) is 8.59. The van der Waals surface area contributed by atoms with Crippen LogP contribution in [-0.4, -0.2) is 15.1 Å². The minimum absolute atomic E-state index is 0.552. The summed E-state index contributed by atoms with van der Waals surface area (Å²) in [6, 6.07) is 8.16. The molecule has 5 heteroatoms. The molecule has 4 rings (SSSR count). The number of nitrogens with one attached hydrogen (secondary N) is 1. The lowest BCUT2D eigenvalue weighted by Gasteiger charge is -1.99. The van der Waals surface area contributed by atoms with Crippen molar-refractivity contribution in [3.63, 3.8) is 0 Å². The number of pyridine rings is 1. The molecule has 0 aliphatic carbocycles. The molecule has 0 saturated carbocycles. The fraction of sp³-hybridized carbons (Fsp3) is 0.188. The topological polar surface area (TPSA) is 63.8 Å². The maximum absolute atomic E-state index is 5.42. The lowest BCUT2D eigenvalue weighted by molar-refractivity contribution is 0.432. The average Bonchev–Trinajstić information content (AvgIpc) is 3.16. The molecule has 0 fully saturated rings. The third-order valence-electron chi connectivity index (χ3n) is 3.77. The Morgan fingerprint density at radius 2 is 2.05 bits per heavy atom. The number of hydrogen-bond acceptors (Lipinski definition) is 5. The van der Waals surface area contributed by atoms with Gasteiger partial charge in [0.25, 0.3) is 5.89 Å². The van der Waals surface area contributed by atoms with Crippen molar-refractivity contribution in [1.82, 2.24) is 20.4 Å². The molecule has 1 aromatic carbocycles. The molecular formula is C16H14N4O. The van der Waals surface area contributed by atoms with E-state index in [-0.39, 0.29) is 0 Å². The quantitative estimate of drug-likeness (QED) is 0.781. The SMILES string of the molecule is Cc1cnccc1-c1noc(-c2ccc3c(c2)CNC3)n1. The molecule has 1 aliphatic rings. The van der Waals surface area contributed by atoms with Gasteiger partial charge in [-0.3, -0.25) is 4.98 Å². The van der Waals surface area contributed by atoms with Gasteiger partial charge in [-0.15, -0.1) is 0 Å². The van der Waals surface area contributed by atoms with Crippen molar-refractivity contribution in [2.24, 2.45) is 0 Å². The maximum Gasteiger partial charge on any atom is 0.258 e. The van der Waals surface area contributed by atoms with Gasteiger partial charge in [0.1, 0.15) is 0 Å². The number of hydrogen-bond donors (Lipinski definition) is 1. The maximum atomic E-state index is 5.42. The summed E-state index contributed by atoms with van der Waals surface area (Å²) in [7, 11) is 0. The Kier molecular flexibility index (Phi) is 2.79. The van der Waals surface area contributed by atoms with Gasteiger partial charge in [0.2, 0.25) is 5.82 Å². The van der Waals surface area contributed by atoms with E-state index >= 15 is 0 Å². The fourth-order valence-corrected chi connectivity index (χ4v) is 2.60. The van der Waals surface area contributed by atoms with Gasteiger partial charge in [-0.05, 0) is 41.8 Å². The molecule has 0 atom stereocenters. The zero-order valence-corrected chi connectivity index (χ0v) is 11.6. The van der Waals surface area contributed by atoms with Crippen LogP contribution < -0.4 is 5.32 Å². The average molecular weight is 278 g/mol. The minimum atomic E-state index is 0.552. The first kappa shape index (κ1) is 12.2. The molecule has 1 N–H and O–H groups in total. The predicted molar refractivity (Wildman–Crippen MR) is 78.2 cm³/mol. The summed E-state index contributed by atoms with van der Waals surface area (Å²) in [6.07, 6.45) is 3.53. The Morgan fingerprint density at radius 1 is 1.14 bits per heavy atom. The first-order valence-electron chi connectivity index (χ1n) is 6.89. The second kappa shape index (κ2) is 4.79. The number of aryl methyl sites for hydroxylation is 1. The highest BCUT2D eigenvalue weighted by Gasteiger charge is 2.15. The third-order valence-corrected chi connectivity index (χ3v) is 3.77. The number of fused-ring (bicyclic) bond motifs is 1. The van der Waals surface area contributed by atoms with E-state index < -0.39 is 0 Å². The third kappa shape index (κ3) is 2.11. The smallest absolute Gasteiger partial charge is 0.258 e. The Bertz CT molecular complexity index is 810. The zero-order valence-electron chi connectivity index (χ0n) is 11.6. The van der Waals surface area contributed by atoms with Crippen molar-refractivity contribution in [2.75, 3.05) is 0 Å². The van der Waals surface area contributed by atoms with E-state index in [0.29, 0.717) is 11.7 Å². The van der Waals surface area contributed by atoms with Crippen LogP contribution in [0.5, 0.6) is 0 Å². The molecule has 21 heavy (non-hydrogen) atoms. The molecule has 2 aromatic heterocycles. The van der Waals surface area contributed by atoms with Crippen LogP contribution in [0.3, 0.4) is 0 Å². The molecule has 5 nitrogen and oxygen atoms in total. The lowest BCUT2D eigenvalue weighted by Crippen LogP contribution is -1.99. The first-order valence-corrected chi connectivity index (χ1v) is 6.89. The van der Waals surface area contributed by atoms with Crippen molar-refractivity contribution in [2.45, 2.75) is 20.0 Å². The second-order valence-corrected chi connectivity index (χ2v) is 5.20. The van der Waals surface area contributed by atoms with Gasteiger partial charge in [0.05, 0.1) is 0 Å². The van der Waals surface area contributed by atoms with Crippen molar-refractivity contribution in [1.29, 1.82) is 0 Å². The molecule has 104 valence electrons. The van der Waals surface area contributed by atoms with E-state index in [1.807, 2.05) is 19.1 Å². The highest BCUT2D eigenvalue weighted by Crippen LogP contribution is 2.26. The van der Waals surface area contributed by atoms with E-state index in [1.54, 1.807) is 12.4 Å². The zero-order chi connectivity index (χ0) is 14.2. The molecule has 3 heterocycles. The highest BCUT2D eigenvalue weighted by molar-refractivity contribution is 5.63. The van der Waals surface area contributed by atoms with Crippen LogP contribution in [0.2, 0.25) is 0 Å². The van der Waals surface area contributed by atoms with E-state index in [2.05, 4.69) is 32.6 Å². The molecule has 0 spiro atoms. The normalized spacial score (nSPS) is 13.4. The Balaban J connectivity index is 1.73. The Labute approximate surface area is 122 Å². The monoisotopic (exact) mass is 278 g/mol. The van der Waals surface area contributed by atoms with Crippen LogP contribution in [0.4, 0.5) is 0 Å². The van der Waals surface area contributed by atoms with Gasteiger partial charge in [0.15, 0.2) is 0 Å². The minimum Gasteiger partial charge on any atom is -0.334 e. The summed E-state index contributed by atoms with van der Waals surface area (Å²) in [6.45, 7) is 3.81. The van der Waals surface area contributed by atoms with Crippen LogP contribution >= 0.6 is 0 Å². The van der Waals surface area contributed by atoms with Crippen molar-refractivity contribution >= 4 is 0 Å². The lowest BCUT2D eigenvalue weighted by atomic mass is 10.1. The molecule has 0 radical (unpaired) electrons. The van der Waals surface area contributed by atoms with Gasteiger partial charge in [-0.25, -0.2) is 0 Å². The van der Waals surface area contributed by atoms with Gasteiger partial charge in [-0.1, -0.05) is 11.2 Å². The van der Waals surface area contributed by atoms with Gasteiger partial charge in [-0.2, -0.15) is 4.98 Å². The van der Waals surface area contributed by atoms with Crippen LogP contribution in [0.1, 0.15) is 16.7 Å². The van der Waals surface area contributed by atoms with Crippen molar-refractivity contribution in [3.05, 3.63) is 53.3 Å². The van der Waals surface area contributed by atoms with E-state index in [9.17, 15) is 0 Å². The van der Waals surface area contributed by atoms with Crippen LogP contribution in [0.25, 0.3) is 22.8 Å². The van der Waals surface area contributed by atoms with E-state index in [4.69, 9.17) is 4.52 Å². The van der Waals surface area contributed by atoms with Crippen LogP contribution in [0, 0.1) is 6.92 Å². The predicted octanol–water partition coefficient (Wildman–Crippen LogP) is 2.71. The summed E-state index contributed by atoms with van der Waals surface area (Å²) in [5.74, 6) is 1.15. The molecule has 0 unspecified atom stereocenters. The van der Waals surface area contributed by atoms with Crippen molar-refractivity contribution in [3.8, 4) is 22.8 Å². The van der Waals surface area contributed by atoms with Crippen LogP contribution in [0.15, 0.2) is 41.2 Å². The first-order chi connectivity index (χ1) is 10.3. The summed E-state index contributed by atoms with van der Waals surface area (Å²) >= 11 is 0. The molecule has 0 bridgehead atoms. The van der Waals surface area contributed by atoms with Gasteiger partial charge in [0, 0.05) is 36.6 Å².